The van der Waals surface area contributed by atoms with E-state index < -0.39 is 5.91 Å². The van der Waals surface area contributed by atoms with Gasteiger partial charge in [0, 0.05) is 22.6 Å². The average Bonchev–Trinajstić information content (AvgIpc) is 2.55. The largest absolute Gasteiger partial charge is 0.366 e. The Kier molecular flexibility index (Phi) is 3.66. The molecule has 0 aliphatic heterocycles. The van der Waals surface area contributed by atoms with Crippen LogP contribution in [-0.4, -0.2) is 11.7 Å². The van der Waals surface area contributed by atoms with Crippen molar-refractivity contribution in [3.8, 4) is 0 Å². The van der Waals surface area contributed by atoms with Crippen LogP contribution < -0.4 is 10.3 Å². The number of fused-ring (bicyclic) bond motifs is 1. The summed E-state index contributed by atoms with van der Waals surface area (Å²) in [6, 6.07) is 16.4. The van der Waals surface area contributed by atoms with E-state index in [4.69, 9.17) is 5.73 Å². The molecule has 2 aromatic carbocycles. The summed E-state index contributed by atoms with van der Waals surface area (Å²) in [6.07, 6.45) is 3.70. The fourth-order valence-corrected chi connectivity index (χ4v) is 2.37. The predicted octanol–water partition coefficient (Wildman–Crippen LogP) is 2.11. The van der Waals surface area contributed by atoms with Crippen molar-refractivity contribution in [1.29, 1.82) is 0 Å². The normalized spacial score (nSPS) is 10.5. The molecule has 0 saturated carbocycles. The molecule has 2 N–H and O–H groups in total. The van der Waals surface area contributed by atoms with E-state index >= 15 is 0 Å². The molecular weight excluding hydrogens is 276 g/mol. The molecule has 0 spiro atoms. The van der Waals surface area contributed by atoms with Crippen LogP contribution in [0.5, 0.6) is 0 Å². The predicted molar refractivity (Wildman–Crippen MR) is 83.4 cm³/mol. The summed E-state index contributed by atoms with van der Waals surface area (Å²) >= 11 is 0. The Morgan fingerprint density at radius 2 is 1.68 bits per heavy atom. The van der Waals surface area contributed by atoms with Gasteiger partial charge in [-0.25, -0.2) is 0 Å². The molecule has 0 radical (unpaired) electrons. The second kappa shape index (κ2) is 5.77. The van der Waals surface area contributed by atoms with Gasteiger partial charge < -0.3 is 5.73 Å². The summed E-state index contributed by atoms with van der Waals surface area (Å²) in [5.74, 6) is -0.423. The van der Waals surface area contributed by atoms with Gasteiger partial charge in [-0.05, 0) is 17.5 Å². The summed E-state index contributed by atoms with van der Waals surface area (Å²) in [7, 11) is 0. The first-order chi connectivity index (χ1) is 10.6. The summed E-state index contributed by atoms with van der Waals surface area (Å²) in [6.45, 7) is 0.251. The number of nitrogens with zero attached hydrogens (tertiary/aromatic N) is 1. The van der Waals surface area contributed by atoms with Crippen molar-refractivity contribution in [2.24, 2.45) is 5.73 Å². The number of carbonyl (C=O) groups excluding carboxylic acids is 2. The van der Waals surface area contributed by atoms with Crippen molar-refractivity contribution in [1.82, 2.24) is 0 Å². The topological polar surface area (TPSA) is 64.0 Å². The molecule has 0 fully saturated rings. The first-order valence-corrected chi connectivity index (χ1v) is 6.94. The summed E-state index contributed by atoms with van der Waals surface area (Å²) in [4.78, 5) is 23.5. The highest BCUT2D eigenvalue weighted by molar-refractivity contribution is 5.97. The van der Waals surface area contributed by atoms with Crippen LogP contribution in [-0.2, 0) is 6.54 Å². The average molecular weight is 291 g/mol. The molecule has 4 heteroatoms. The number of hydrogen-bond donors (Lipinski definition) is 1. The van der Waals surface area contributed by atoms with Gasteiger partial charge in [-0.3, -0.25) is 9.59 Å². The molecule has 3 rings (SSSR count). The first-order valence-electron chi connectivity index (χ1n) is 6.94. The summed E-state index contributed by atoms with van der Waals surface area (Å²) < 4.78 is 1.81. The molecule has 0 aliphatic rings. The molecule has 0 aliphatic carbocycles. The molecule has 0 unspecified atom stereocenters. The fraction of sp³-hybridized carbons (Fsp3) is 0.0556. The third kappa shape index (κ3) is 2.86. The van der Waals surface area contributed by atoms with Gasteiger partial charge in [-0.1, -0.05) is 36.4 Å². The Balaban J connectivity index is 1.91. The lowest BCUT2D eigenvalue weighted by Gasteiger charge is -2.01. The summed E-state index contributed by atoms with van der Waals surface area (Å²) in [5.41, 5.74) is 6.44. The molecule has 1 heterocycles. The van der Waals surface area contributed by atoms with Crippen LogP contribution in [0.25, 0.3) is 10.8 Å². The monoisotopic (exact) mass is 291 g/mol. The van der Waals surface area contributed by atoms with Crippen molar-refractivity contribution >= 4 is 22.5 Å². The quantitative estimate of drug-likeness (QED) is 0.591. The van der Waals surface area contributed by atoms with Gasteiger partial charge in [0.05, 0.1) is 0 Å². The summed E-state index contributed by atoms with van der Waals surface area (Å²) in [5, 5.41) is 1.87. The van der Waals surface area contributed by atoms with Crippen molar-refractivity contribution in [2.45, 2.75) is 6.54 Å². The number of Topliss-reactive ketones (excluding diaryl/α,β-unsaturated/α-hetero) is 1. The Labute approximate surface area is 127 Å². The van der Waals surface area contributed by atoms with E-state index in [1.54, 1.807) is 24.3 Å². The smallest absolute Gasteiger partial charge is 0.248 e. The van der Waals surface area contributed by atoms with Crippen LogP contribution in [0.2, 0.25) is 0 Å². The number of aromatic nitrogens is 1. The number of primary amides is 1. The number of amides is 1. The number of ketones is 1. The lowest BCUT2D eigenvalue weighted by atomic mass is 10.1. The minimum Gasteiger partial charge on any atom is -0.366 e. The lowest BCUT2D eigenvalue weighted by Crippen LogP contribution is -2.37. The van der Waals surface area contributed by atoms with Crippen LogP contribution in [0.15, 0.2) is 67.0 Å². The van der Waals surface area contributed by atoms with Crippen molar-refractivity contribution < 1.29 is 14.2 Å². The molecule has 0 atom stereocenters. The van der Waals surface area contributed by atoms with Gasteiger partial charge in [0.25, 0.3) is 0 Å². The number of nitrogens with two attached hydrogens (primary N) is 1. The second-order valence-corrected chi connectivity index (χ2v) is 5.11. The maximum absolute atomic E-state index is 12.2. The van der Waals surface area contributed by atoms with E-state index in [0.717, 1.165) is 10.8 Å². The van der Waals surface area contributed by atoms with Crippen LogP contribution in [0.1, 0.15) is 20.7 Å². The van der Waals surface area contributed by atoms with Crippen LogP contribution in [0.4, 0.5) is 0 Å². The zero-order valence-electron chi connectivity index (χ0n) is 11.9. The molecule has 3 aromatic rings. The zero-order chi connectivity index (χ0) is 15.5. The van der Waals surface area contributed by atoms with Gasteiger partial charge in [-0.15, -0.1) is 0 Å². The molecule has 0 saturated heterocycles. The second-order valence-electron chi connectivity index (χ2n) is 5.11. The van der Waals surface area contributed by atoms with Gasteiger partial charge in [0.1, 0.15) is 0 Å². The maximum atomic E-state index is 12.2. The number of pyridine rings is 1. The standard InChI is InChI=1S/C18H14N2O2/c19-18(22)15-7-6-13-8-9-20(11-16(13)10-15)12-17(21)14-4-2-1-3-5-14/h1-11H,12H2,(H-,19,22)/p+1. The molecule has 4 nitrogen and oxygen atoms in total. The maximum Gasteiger partial charge on any atom is 0.248 e. The van der Waals surface area contributed by atoms with Crippen molar-refractivity contribution in [2.75, 3.05) is 0 Å². The van der Waals surface area contributed by atoms with E-state index in [0.29, 0.717) is 11.1 Å². The highest BCUT2D eigenvalue weighted by Gasteiger charge is 2.12. The SMILES string of the molecule is NC(=O)c1ccc2cc[n+](CC(=O)c3ccccc3)cc2c1. The number of benzene rings is 2. The Morgan fingerprint density at radius 1 is 0.909 bits per heavy atom. The molecule has 22 heavy (non-hydrogen) atoms. The molecule has 1 aromatic heterocycles. The molecule has 0 bridgehead atoms. The number of carbonyl (C=O) groups is 2. The van der Waals surface area contributed by atoms with E-state index in [2.05, 4.69) is 0 Å². The Hall–Kier alpha value is -3.01. The zero-order valence-corrected chi connectivity index (χ0v) is 11.9. The fourth-order valence-electron chi connectivity index (χ4n) is 2.37. The van der Waals surface area contributed by atoms with Gasteiger partial charge in [0.15, 0.2) is 12.4 Å². The minimum absolute atomic E-state index is 0.0380. The molecule has 1 amide bonds. The minimum atomic E-state index is -0.460. The van der Waals surface area contributed by atoms with E-state index in [9.17, 15) is 9.59 Å². The van der Waals surface area contributed by atoms with Gasteiger partial charge >= 0.3 is 0 Å². The number of hydrogen-bond acceptors (Lipinski definition) is 2. The molecule has 108 valence electrons. The van der Waals surface area contributed by atoms with Crippen LogP contribution >= 0.6 is 0 Å². The lowest BCUT2D eigenvalue weighted by molar-refractivity contribution is -0.681. The van der Waals surface area contributed by atoms with Crippen molar-refractivity contribution in [3.63, 3.8) is 0 Å². The number of rotatable bonds is 4. The van der Waals surface area contributed by atoms with E-state index in [-0.39, 0.29) is 12.3 Å². The Bertz CT molecular complexity index is 857. The highest BCUT2D eigenvalue weighted by Crippen LogP contribution is 2.13. The van der Waals surface area contributed by atoms with E-state index in [1.165, 1.54) is 0 Å². The third-order valence-corrected chi connectivity index (χ3v) is 3.54. The third-order valence-electron chi connectivity index (χ3n) is 3.54. The first kappa shape index (κ1) is 13.9. The highest BCUT2D eigenvalue weighted by atomic mass is 16.1. The van der Waals surface area contributed by atoms with Crippen molar-refractivity contribution in [3.05, 3.63) is 78.1 Å². The van der Waals surface area contributed by atoms with Gasteiger partial charge in [0.2, 0.25) is 18.2 Å². The van der Waals surface area contributed by atoms with Crippen LogP contribution in [0.3, 0.4) is 0 Å². The van der Waals surface area contributed by atoms with Crippen LogP contribution in [0, 0.1) is 0 Å². The molecular formula is C18H15N2O2+. The Morgan fingerprint density at radius 3 is 2.41 bits per heavy atom. The van der Waals surface area contributed by atoms with Gasteiger partial charge in [-0.2, -0.15) is 4.57 Å². The van der Waals surface area contributed by atoms with E-state index in [1.807, 2.05) is 47.3 Å².